The van der Waals surface area contributed by atoms with Crippen molar-refractivity contribution >= 4 is 0 Å². The average Bonchev–Trinajstić information content (AvgIpc) is 2.27. The van der Waals surface area contributed by atoms with Gasteiger partial charge >= 0.3 is 6.18 Å². The smallest absolute Gasteiger partial charge is 0.271 e. The van der Waals surface area contributed by atoms with E-state index in [9.17, 15) is 13.2 Å². The summed E-state index contributed by atoms with van der Waals surface area (Å²) in [5, 5.41) is 0. The number of rotatable bonds is 5. The van der Waals surface area contributed by atoms with Gasteiger partial charge in [-0.15, -0.1) is 6.58 Å². The summed E-state index contributed by atoms with van der Waals surface area (Å²) >= 11 is 0. The number of hydrogen-bond acceptors (Lipinski definition) is 2. The largest absolute Gasteiger partial charge is 0.416 e. The highest BCUT2D eigenvalue weighted by molar-refractivity contribution is 5.25. The molecule has 18 heavy (non-hydrogen) atoms. The first-order valence-corrected chi connectivity index (χ1v) is 5.59. The SMILES string of the molecule is C=C(C)CC(Cc1ccc(C(F)(F)F)cc1)NN. The molecule has 2 nitrogen and oxygen atoms in total. The molecule has 0 radical (unpaired) electrons. The average molecular weight is 258 g/mol. The Kier molecular flexibility index (Phi) is 4.93. The van der Waals surface area contributed by atoms with Crippen molar-refractivity contribution in [2.75, 3.05) is 0 Å². The lowest BCUT2D eigenvalue weighted by molar-refractivity contribution is -0.137. The van der Waals surface area contributed by atoms with E-state index in [1.54, 1.807) is 0 Å². The Labute approximate surface area is 105 Å². The van der Waals surface area contributed by atoms with Crippen LogP contribution in [0.3, 0.4) is 0 Å². The Balaban J connectivity index is 2.71. The third kappa shape index (κ3) is 4.50. The molecule has 0 fully saturated rings. The summed E-state index contributed by atoms with van der Waals surface area (Å²) in [6.45, 7) is 5.67. The van der Waals surface area contributed by atoms with Gasteiger partial charge in [0.15, 0.2) is 0 Å². The van der Waals surface area contributed by atoms with Gasteiger partial charge in [-0.25, -0.2) is 0 Å². The quantitative estimate of drug-likeness (QED) is 0.484. The Morgan fingerprint density at radius 1 is 1.33 bits per heavy atom. The van der Waals surface area contributed by atoms with Crippen molar-refractivity contribution in [1.29, 1.82) is 0 Å². The highest BCUT2D eigenvalue weighted by Crippen LogP contribution is 2.29. The second-order valence-corrected chi connectivity index (χ2v) is 4.42. The molecule has 0 aliphatic carbocycles. The molecule has 0 saturated heterocycles. The summed E-state index contributed by atoms with van der Waals surface area (Å²) in [5.41, 5.74) is 3.80. The number of hydrazine groups is 1. The summed E-state index contributed by atoms with van der Waals surface area (Å²) in [4.78, 5) is 0. The van der Waals surface area contributed by atoms with Crippen molar-refractivity contribution in [2.24, 2.45) is 5.84 Å². The summed E-state index contributed by atoms with van der Waals surface area (Å²) in [7, 11) is 0. The molecule has 3 N–H and O–H groups in total. The highest BCUT2D eigenvalue weighted by atomic mass is 19.4. The van der Waals surface area contributed by atoms with E-state index in [-0.39, 0.29) is 6.04 Å². The number of nitrogens with one attached hydrogen (secondary N) is 1. The molecule has 0 aliphatic rings. The number of nitrogens with two attached hydrogens (primary N) is 1. The Hall–Kier alpha value is -1.33. The normalized spacial score (nSPS) is 13.4. The van der Waals surface area contributed by atoms with Crippen LogP contribution in [0.4, 0.5) is 13.2 Å². The van der Waals surface area contributed by atoms with E-state index in [0.717, 1.165) is 23.3 Å². The van der Waals surface area contributed by atoms with Crippen LogP contribution in [-0.4, -0.2) is 6.04 Å². The van der Waals surface area contributed by atoms with Crippen molar-refractivity contribution in [1.82, 2.24) is 5.43 Å². The van der Waals surface area contributed by atoms with E-state index in [1.165, 1.54) is 12.1 Å². The van der Waals surface area contributed by atoms with Crippen LogP contribution in [0, 0.1) is 0 Å². The molecular weight excluding hydrogens is 241 g/mol. The zero-order valence-corrected chi connectivity index (χ0v) is 10.2. The maximum atomic E-state index is 12.4. The Bertz CT molecular complexity index is 396. The van der Waals surface area contributed by atoms with Gasteiger partial charge in [0.05, 0.1) is 5.56 Å². The minimum absolute atomic E-state index is 0.0146. The van der Waals surface area contributed by atoms with Gasteiger partial charge < -0.3 is 0 Å². The number of alkyl halides is 3. The van der Waals surface area contributed by atoms with Crippen molar-refractivity contribution in [3.63, 3.8) is 0 Å². The molecule has 100 valence electrons. The zero-order valence-electron chi connectivity index (χ0n) is 10.2. The highest BCUT2D eigenvalue weighted by Gasteiger charge is 2.29. The van der Waals surface area contributed by atoms with Gasteiger partial charge in [0.1, 0.15) is 0 Å². The summed E-state index contributed by atoms with van der Waals surface area (Å²) in [6.07, 6.45) is -3.03. The number of halogens is 3. The van der Waals surface area contributed by atoms with E-state index in [4.69, 9.17) is 5.84 Å². The molecule has 1 aromatic carbocycles. The van der Waals surface area contributed by atoms with E-state index in [2.05, 4.69) is 12.0 Å². The maximum absolute atomic E-state index is 12.4. The maximum Gasteiger partial charge on any atom is 0.416 e. The predicted molar refractivity (Wildman–Crippen MR) is 65.7 cm³/mol. The van der Waals surface area contributed by atoms with Crippen LogP contribution >= 0.6 is 0 Å². The van der Waals surface area contributed by atoms with Crippen LogP contribution in [0.1, 0.15) is 24.5 Å². The van der Waals surface area contributed by atoms with Crippen LogP contribution < -0.4 is 11.3 Å². The molecule has 1 atom stereocenters. The fraction of sp³-hybridized carbons (Fsp3) is 0.385. The van der Waals surface area contributed by atoms with E-state index in [1.807, 2.05) is 6.92 Å². The molecule has 0 aromatic heterocycles. The molecule has 1 aromatic rings. The second kappa shape index (κ2) is 6.02. The summed E-state index contributed by atoms with van der Waals surface area (Å²) in [5.74, 6) is 5.40. The van der Waals surface area contributed by atoms with Crippen LogP contribution in [0.2, 0.25) is 0 Å². The minimum atomic E-state index is -4.29. The molecule has 1 rings (SSSR count). The fourth-order valence-corrected chi connectivity index (χ4v) is 1.72. The van der Waals surface area contributed by atoms with Crippen molar-refractivity contribution in [3.8, 4) is 0 Å². The van der Waals surface area contributed by atoms with Crippen molar-refractivity contribution < 1.29 is 13.2 Å². The first-order chi connectivity index (χ1) is 8.32. The van der Waals surface area contributed by atoms with Crippen LogP contribution in [-0.2, 0) is 12.6 Å². The first kappa shape index (κ1) is 14.7. The zero-order chi connectivity index (χ0) is 13.8. The van der Waals surface area contributed by atoms with E-state index in [0.29, 0.717) is 12.8 Å². The molecule has 1 unspecified atom stereocenters. The van der Waals surface area contributed by atoms with E-state index >= 15 is 0 Å². The third-order valence-electron chi connectivity index (χ3n) is 2.59. The Morgan fingerprint density at radius 3 is 2.28 bits per heavy atom. The topological polar surface area (TPSA) is 38.0 Å². The molecular formula is C13H17F3N2. The predicted octanol–water partition coefficient (Wildman–Crippen LogP) is 3.05. The van der Waals surface area contributed by atoms with Gasteiger partial charge in [0, 0.05) is 6.04 Å². The lowest BCUT2D eigenvalue weighted by Crippen LogP contribution is -2.36. The molecule has 0 bridgehead atoms. The monoisotopic (exact) mass is 258 g/mol. The van der Waals surface area contributed by atoms with Gasteiger partial charge in [-0.05, 0) is 37.5 Å². The summed E-state index contributed by atoms with van der Waals surface area (Å²) < 4.78 is 37.1. The number of benzene rings is 1. The summed E-state index contributed by atoms with van der Waals surface area (Å²) in [6, 6.07) is 5.11. The lowest BCUT2D eigenvalue weighted by atomic mass is 10.00. The molecule has 5 heteroatoms. The first-order valence-electron chi connectivity index (χ1n) is 5.59. The van der Waals surface area contributed by atoms with Gasteiger partial charge in [0.25, 0.3) is 0 Å². The molecule has 0 amide bonds. The van der Waals surface area contributed by atoms with Gasteiger partial charge in [-0.2, -0.15) is 13.2 Å². The van der Waals surface area contributed by atoms with Gasteiger partial charge in [-0.3, -0.25) is 11.3 Å². The number of hydrogen-bond donors (Lipinski definition) is 2. The van der Waals surface area contributed by atoms with Crippen LogP contribution in [0.5, 0.6) is 0 Å². The second-order valence-electron chi connectivity index (χ2n) is 4.42. The lowest BCUT2D eigenvalue weighted by Gasteiger charge is -2.16. The third-order valence-corrected chi connectivity index (χ3v) is 2.59. The van der Waals surface area contributed by atoms with Crippen molar-refractivity contribution in [2.45, 2.75) is 32.0 Å². The molecule has 0 spiro atoms. The molecule has 0 heterocycles. The fourth-order valence-electron chi connectivity index (χ4n) is 1.72. The van der Waals surface area contributed by atoms with Gasteiger partial charge in [-0.1, -0.05) is 17.7 Å². The van der Waals surface area contributed by atoms with Gasteiger partial charge in [0.2, 0.25) is 0 Å². The molecule has 0 aliphatic heterocycles. The molecule has 0 saturated carbocycles. The van der Waals surface area contributed by atoms with E-state index < -0.39 is 11.7 Å². The van der Waals surface area contributed by atoms with Crippen LogP contribution in [0.25, 0.3) is 0 Å². The standard InChI is InChI=1S/C13H17F3N2/c1-9(2)7-12(18-17)8-10-3-5-11(6-4-10)13(14,15)16/h3-6,12,18H,1,7-8,17H2,2H3. The Morgan fingerprint density at radius 2 is 1.89 bits per heavy atom. The van der Waals surface area contributed by atoms with Crippen molar-refractivity contribution in [3.05, 3.63) is 47.5 Å². The van der Waals surface area contributed by atoms with Crippen LogP contribution in [0.15, 0.2) is 36.4 Å². The minimum Gasteiger partial charge on any atom is -0.271 e.